The van der Waals surface area contributed by atoms with E-state index in [1.54, 1.807) is 0 Å². The molecule has 0 spiro atoms. The molecule has 0 N–H and O–H groups in total. The number of hydrogen-bond acceptors (Lipinski definition) is 1. The van der Waals surface area contributed by atoms with Crippen molar-refractivity contribution in [2.45, 2.75) is 33.3 Å². The van der Waals surface area contributed by atoms with E-state index in [9.17, 15) is 0 Å². The minimum Gasteiger partial charge on any atom is -0.490 e. The summed E-state index contributed by atoms with van der Waals surface area (Å²) < 4.78 is 5.72. The molecule has 0 aromatic heterocycles. The third-order valence-corrected chi connectivity index (χ3v) is 2.50. The lowest BCUT2D eigenvalue weighted by Gasteiger charge is -2.06. The van der Waals surface area contributed by atoms with Gasteiger partial charge in [0.2, 0.25) is 0 Å². The van der Waals surface area contributed by atoms with Crippen molar-refractivity contribution in [3.8, 4) is 5.75 Å². The maximum atomic E-state index is 5.72. The molecule has 64 valence electrons. The number of hydrogen-bond donors (Lipinski definition) is 0. The van der Waals surface area contributed by atoms with Crippen LogP contribution < -0.4 is 4.74 Å². The molecule has 1 nitrogen and oxygen atoms in total. The molecule has 0 radical (unpaired) electrons. The van der Waals surface area contributed by atoms with E-state index in [0.717, 1.165) is 12.2 Å². The second-order valence-electron chi connectivity index (χ2n) is 3.64. The zero-order valence-corrected chi connectivity index (χ0v) is 7.85. The van der Waals surface area contributed by atoms with Gasteiger partial charge in [-0.15, -0.1) is 0 Å². The summed E-state index contributed by atoms with van der Waals surface area (Å²) in [5.41, 5.74) is 4.03. The minimum atomic E-state index is 0.361. The van der Waals surface area contributed by atoms with Crippen molar-refractivity contribution in [1.29, 1.82) is 0 Å². The lowest BCUT2D eigenvalue weighted by molar-refractivity contribution is 0.253. The smallest absolute Gasteiger partial charge is 0.126 e. The van der Waals surface area contributed by atoms with Crippen molar-refractivity contribution in [1.82, 2.24) is 0 Å². The monoisotopic (exact) mass is 162 g/mol. The Balaban J connectivity index is 2.56. The predicted molar refractivity (Wildman–Crippen MR) is 49.7 cm³/mol. The number of aryl methyl sites for hydroxylation is 2. The fourth-order valence-electron chi connectivity index (χ4n) is 1.79. The standard InChI is InChI=1S/C11H14O/c1-7-4-5-8(2)11-10(7)6-9(3)12-11/h4-5,9H,6H2,1-3H3/t9-/m1/s1. The predicted octanol–water partition coefficient (Wildman–Crippen LogP) is 2.63. The van der Waals surface area contributed by atoms with Crippen molar-refractivity contribution in [3.05, 3.63) is 28.8 Å². The van der Waals surface area contributed by atoms with Crippen LogP contribution in [-0.2, 0) is 6.42 Å². The maximum absolute atomic E-state index is 5.72. The van der Waals surface area contributed by atoms with Crippen LogP contribution in [0, 0.1) is 13.8 Å². The van der Waals surface area contributed by atoms with Gasteiger partial charge in [-0.05, 0) is 31.9 Å². The van der Waals surface area contributed by atoms with Crippen molar-refractivity contribution in [2.75, 3.05) is 0 Å². The molecular weight excluding hydrogens is 148 g/mol. The molecule has 1 aliphatic heterocycles. The van der Waals surface area contributed by atoms with Crippen LogP contribution in [0.15, 0.2) is 12.1 Å². The van der Waals surface area contributed by atoms with E-state index in [-0.39, 0.29) is 0 Å². The summed E-state index contributed by atoms with van der Waals surface area (Å²) in [5, 5.41) is 0. The second kappa shape index (κ2) is 2.51. The zero-order chi connectivity index (χ0) is 8.72. The Morgan fingerprint density at radius 2 is 1.92 bits per heavy atom. The summed E-state index contributed by atoms with van der Waals surface area (Å²) in [6.45, 7) is 6.38. The summed E-state index contributed by atoms with van der Waals surface area (Å²) in [5.74, 6) is 1.13. The molecule has 1 aliphatic rings. The lowest BCUT2D eigenvalue weighted by Crippen LogP contribution is -2.05. The van der Waals surface area contributed by atoms with E-state index in [2.05, 4.69) is 32.9 Å². The molecule has 0 unspecified atom stereocenters. The van der Waals surface area contributed by atoms with Gasteiger partial charge < -0.3 is 4.74 Å². The van der Waals surface area contributed by atoms with Crippen molar-refractivity contribution in [3.63, 3.8) is 0 Å². The van der Waals surface area contributed by atoms with Gasteiger partial charge in [-0.3, -0.25) is 0 Å². The molecule has 0 amide bonds. The molecule has 1 aromatic rings. The second-order valence-corrected chi connectivity index (χ2v) is 3.64. The molecule has 12 heavy (non-hydrogen) atoms. The van der Waals surface area contributed by atoms with Crippen molar-refractivity contribution >= 4 is 0 Å². The molecule has 0 saturated heterocycles. The van der Waals surface area contributed by atoms with Crippen molar-refractivity contribution in [2.24, 2.45) is 0 Å². The van der Waals surface area contributed by atoms with Gasteiger partial charge in [-0.1, -0.05) is 12.1 Å². The first-order valence-corrected chi connectivity index (χ1v) is 4.44. The highest BCUT2D eigenvalue weighted by Gasteiger charge is 2.21. The number of rotatable bonds is 0. The Morgan fingerprint density at radius 1 is 1.25 bits per heavy atom. The van der Waals surface area contributed by atoms with Gasteiger partial charge in [0.1, 0.15) is 11.9 Å². The summed E-state index contributed by atoms with van der Waals surface area (Å²) in [6, 6.07) is 4.31. The highest BCUT2D eigenvalue weighted by Crippen LogP contribution is 2.34. The van der Waals surface area contributed by atoms with Gasteiger partial charge >= 0.3 is 0 Å². The molecule has 1 atom stereocenters. The van der Waals surface area contributed by atoms with Gasteiger partial charge in [0.05, 0.1) is 0 Å². The zero-order valence-electron chi connectivity index (χ0n) is 7.85. The maximum Gasteiger partial charge on any atom is 0.126 e. The minimum absolute atomic E-state index is 0.361. The molecule has 2 rings (SSSR count). The summed E-state index contributed by atoms with van der Waals surface area (Å²) in [6.07, 6.45) is 1.43. The quantitative estimate of drug-likeness (QED) is 0.569. The molecule has 1 heterocycles. The number of ether oxygens (including phenoxy) is 1. The Kier molecular flexibility index (Phi) is 1.60. The SMILES string of the molecule is Cc1ccc(C)c2c1C[C@@H](C)O2. The highest BCUT2D eigenvalue weighted by atomic mass is 16.5. The van der Waals surface area contributed by atoms with Crippen LogP contribution in [0.25, 0.3) is 0 Å². The van der Waals surface area contributed by atoms with E-state index < -0.39 is 0 Å². The van der Waals surface area contributed by atoms with Crippen LogP contribution in [0.4, 0.5) is 0 Å². The van der Waals surface area contributed by atoms with E-state index in [4.69, 9.17) is 4.74 Å². The van der Waals surface area contributed by atoms with E-state index in [0.29, 0.717) is 6.10 Å². The molecule has 0 fully saturated rings. The Labute approximate surface area is 73.4 Å². The van der Waals surface area contributed by atoms with Gasteiger partial charge in [0.15, 0.2) is 0 Å². The fourth-order valence-corrected chi connectivity index (χ4v) is 1.79. The summed E-state index contributed by atoms with van der Waals surface area (Å²) in [4.78, 5) is 0. The number of benzene rings is 1. The average molecular weight is 162 g/mol. The van der Waals surface area contributed by atoms with Crippen LogP contribution in [0.3, 0.4) is 0 Å². The first-order chi connectivity index (χ1) is 5.68. The molecule has 1 heteroatoms. The van der Waals surface area contributed by atoms with Gasteiger partial charge in [0, 0.05) is 12.0 Å². The van der Waals surface area contributed by atoms with E-state index in [1.807, 2.05) is 0 Å². The molecular formula is C11H14O. The van der Waals surface area contributed by atoms with Crippen LogP contribution >= 0.6 is 0 Å². The Hall–Kier alpha value is -0.980. The van der Waals surface area contributed by atoms with Crippen LogP contribution in [-0.4, -0.2) is 6.10 Å². The van der Waals surface area contributed by atoms with Gasteiger partial charge in [0.25, 0.3) is 0 Å². The van der Waals surface area contributed by atoms with E-state index >= 15 is 0 Å². The third-order valence-electron chi connectivity index (χ3n) is 2.50. The van der Waals surface area contributed by atoms with Crippen LogP contribution in [0.2, 0.25) is 0 Å². The highest BCUT2D eigenvalue weighted by molar-refractivity contribution is 5.48. The largest absolute Gasteiger partial charge is 0.490 e. The van der Waals surface area contributed by atoms with Gasteiger partial charge in [-0.2, -0.15) is 0 Å². The average Bonchev–Trinajstić information content (AvgIpc) is 2.41. The summed E-state index contributed by atoms with van der Waals surface area (Å²) >= 11 is 0. The molecule has 0 aliphatic carbocycles. The topological polar surface area (TPSA) is 9.23 Å². The van der Waals surface area contributed by atoms with E-state index in [1.165, 1.54) is 16.7 Å². The summed E-state index contributed by atoms with van der Waals surface area (Å²) in [7, 11) is 0. The third kappa shape index (κ3) is 1.01. The molecule has 0 bridgehead atoms. The Morgan fingerprint density at radius 3 is 2.58 bits per heavy atom. The van der Waals surface area contributed by atoms with Crippen LogP contribution in [0.5, 0.6) is 5.75 Å². The van der Waals surface area contributed by atoms with Crippen LogP contribution in [0.1, 0.15) is 23.6 Å². The normalized spacial score (nSPS) is 20.4. The number of fused-ring (bicyclic) bond motifs is 1. The lowest BCUT2D eigenvalue weighted by atomic mass is 10.0. The van der Waals surface area contributed by atoms with Gasteiger partial charge in [-0.25, -0.2) is 0 Å². The Bertz CT molecular complexity index is 284. The first kappa shape index (κ1) is 7.66. The molecule has 1 aromatic carbocycles. The van der Waals surface area contributed by atoms with Crippen molar-refractivity contribution < 1.29 is 4.74 Å². The molecule has 0 saturated carbocycles. The first-order valence-electron chi connectivity index (χ1n) is 4.44. The fraction of sp³-hybridized carbons (Fsp3) is 0.455.